The van der Waals surface area contributed by atoms with Crippen LogP contribution in [0, 0.1) is 0 Å². The Bertz CT molecular complexity index is 880. The fourth-order valence-corrected chi connectivity index (χ4v) is 5.24. The predicted molar refractivity (Wildman–Crippen MR) is 129 cm³/mol. The van der Waals surface area contributed by atoms with Gasteiger partial charge < -0.3 is 35.1 Å². The Morgan fingerprint density at radius 3 is 2.97 bits per heavy atom. The third-order valence-electron chi connectivity index (χ3n) is 6.08. The van der Waals surface area contributed by atoms with E-state index < -0.39 is 18.4 Å². The molecule has 1 aromatic rings. The normalized spacial score (nSPS) is 24.5. The number of hydrogen-bond donors (Lipinski definition) is 4. The summed E-state index contributed by atoms with van der Waals surface area (Å²) in [5, 5.41) is 19.1. The Kier molecular flexibility index (Phi) is 10.4. The molecule has 1 aromatic heterocycles. The molecule has 2 saturated heterocycles. The average molecular weight is 511 g/mol. The van der Waals surface area contributed by atoms with Crippen LogP contribution < -0.4 is 16.0 Å². The fourth-order valence-electron chi connectivity index (χ4n) is 4.14. The molecule has 0 aliphatic carbocycles. The lowest BCUT2D eigenvalue weighted by Crippen LogP contribution is -2.29. The number of ether oxygens (including phenoxy) is 2. The molecule has 0 saturated carbocycles. The number of nitrogens with zero attached hydrogens (tertiary/aromatic N) is 1. The van der Waals surface area contributed by atoms with Crippen molar-refractivity contribution in [1.29, 1.82) is 0 Å². The summed E-state index contributed by atoms with van der Waals surface area (Å²) in [6.45, 7) is 3.35. The number of aromatic nitrogens is 1. The van der Waals surface area contributed by atoms with E-state index in [1.807, 2.05) is 11.8 Å². The van der Waals surface area contributed by atoms with Crippen molar-refractivity contribution >= 4 is 36.5 Å². The molecule has 3 rings (SSSR count). The van der Waals surface area contributed by atoms with E-state index in [0.29, 0.717) is 36.7 Å². The van der Waals surface area contributed by atoms with Crippen molar-refractivity contribution in [2.24, 2.45) is 0 Å². The lowest BCUT2D eigenvalue weighted by atomic mass is 10.1. The first-order valence-electron chi connectivity index (χ1n) is 11.9. The Morgan fingerprint density at radius 1 is 1.43 bits per heavy atom. The summed E-state index contributed by atoms with van der Waals surface area (Å²) in [7, 11) is 0. The lowest BCUT2D eigenvalue weighted by Gasteiger charge is -2.15. The molecule has 0 radical (unpaired) electrons. The summed E-state index contributed by atoms with van der Waals surface area (Å²) in [6, 6.07) is 1.76. The summed E-state index contributed by atoms with van der Waals surface area (Å²) in [5.74, 6) is 0.824. The number of aldehydes is 1. The first-order chi connectivity index (χ1) is 16.9. The second kappa shape index (κ2) is 13.5. The van der Waals surface area contributed by atoms with Gasteiger partial charge in [0.1, 0.15) is 18.9 Å². The molecular weight excluding hydrogens is 476 g/mol. The Morgan fingerprint density at radius 2 is 2.26 bits per heavy atom. The first kappa shape index (κ1) is 27.0. The van der Waals surface area contributed by atoms with Gasteiger partial charge in [0.2, 0.25) is 5.91 Å². The molecule has 4 N–H and O–H groups in total. The van der Waals surface area contributed by atoms with Crippen LogP contribution in [0.1, 0.15) is 61.3 Å². The molecule has 2 aliphatic heterocycles. The topological polar surface area (TPSA) is 148 Å². The number of unbranched alkanes of at least 4 members (excludes halogenated alkanes) is 1. The van der Waals surface area contributed by atoms with Gasteiger partial charge in [-0.15, -0.1) is 0 Å². The second-order valence-corrected chi connectivity index (χ2v) is 10.3. The van der Waals surface area contributed by atoms with E-state index in [2.05, 4.69) is 27.6 Å². The Hall–Kier alpha value is -2.57. The van der Waals surface area contributed by atoms with Crippen molar-refractivity contribution in [3.8, 4) is 0 Å². The van der Waals surface area contributed by atoms with Crippen molar-refractivity contribution in [3.63, 3.8) is 0 Å². The highest BCUT2D eigenvalue weighted by molar-refractivity contribution is 7.99. The summed E-state index contributed by atoms with van der Waals surface area (Å²) >= 11 is 1.83. The van der Waals surface area contributed by atoms with E-state index in [9.17, 15) is 24.3 Å². The maximum Gasteiger partial charge on any atom is 0.315 e. The highest BCUT2D eigenvalue weighted by Gasteiger charge is 2.36. The van der Waals surface area contributed by atoms with E-state index in [-0.39, 0.29) is 37.6 Å². The van der Waals surface area contributed by atoms with E-state index in [4.69, 9.17) is 4.74 Å². The molecule has 194 valence electrons. The minimum absolute atomic E-state index is 0.0518. The summed E-state index contributed by atoms with van der Waals surface area (Å²) < 4.78 is 12.0. The molecule has 0 bridgehead atoms. The highest BCUT2D eigenvalue weighted by Crippen LogP contribution is 2.30. The molecule has 0 spiro atoms. The standard InChI is InChI=1S/C23H34N4O7S/c1-15(35-13-17-9-25-23(32)26-17)4-2-3-5-21(31)24-8-16-6-18(11-28)27(10-16)22-7-19(30)20(34-22)12-33-14-29/h6,10-11,14-15,17,19-20,22,30H,2-5,7-9,12-13H2,1H3,(H,24,31)(H2,25,26,32)/t15?,17?,19?,20-,22-/m1/s1. The number of carbonyl (C=O) groups is 4. The van der Waals surface area contributed by atoms with Gasteiger partial charge in [0, 0.05) is 43.1 Å². The zero-order chi connectivity index (χ0) is 25.2. The summed E-state index contributed by atoms with van der Waals surface area (Å²) in [6.07, 6.45) is 3.83. The van der Waals surface area contributed by atoms with Gasteiger partial charge >= 0.3 is 6.03 Å². The van der Waals surface area contributed by atoms with Crippen LogP contribution in [0.3, 0.4) is 0 Å². The van der Waals surface area contributed by atoms with Crippen LogP contribution in [-0.2, 0) is 25.6 Å². The minimum Gasteiger partial charge on any atom is -0.465 e. The third-order valence-corrected chi connectivity index (χ3v) is 7.48. The van der Waals surface area contributed by atoms with Crippen molar-refractivity contribution in [2.45, 2.75) is 75.3 Å². The Labute approximate surface area is 208 Å². The van der Waals surface area contributed by atoms with E-state index in [1.165, 1.54) is 0 Å². The lowest BCUT2D eigenvalue weighted by molar-refractivity contribution is -0.135. The smallest absolute Gasteiger partial charge is 0.315 e. The highest BCUT2D eigenvalue weighted by atomic mass is 32.2. The first-order valence-corrected chi connectivity index (χ1v) is 12.9. The minimum atomic E-state index is -0.813. The number of carbonyl (C=O) groups excluding carboxylic acids is 4. The quantitative estimate of drug-likeness (QED) is 0.203. The van der Waals surface area contributed by atoms with Gasteiger partial charge in [0.25, 0.3) is 6.47 Å². The van der Waals surface area contributed by atoms with E-state index in [0.717, 1.165) is 30.6 Å². The van der Waals surface area contributed by atoms with Gasteiger partial charge in [-0.2, -0.15) is 11.8 Å². The Balaban J connectivity index is 1.34. The number of nitrogens with one attached hydrogen (secondary N) is 3. The van der Waals surface area contributed by atoms with Crippen LogP contribution in [0.15, 0.2) is 12.3 Å². The van der Waals surface area contributed by atoms with Gasteiger partial charge in [-0.3, -0.25) is 14.4 Å². The van der Waals surface area contributed by atoms with Gasteiger partial charge in [0.05, 0.1) is 17.8 Å². The number of aliphatic hydroxyl groups is 1. The predicted octanol–water partition coefficient (Wildman–Crippen LogP) is 1.10. The maximum atomic E-state index is 12.3. The van der Waals surface area contributed by atoms with Crippen molar-refractivity contribution in [1.82, 2.24) is 20.5 Å². The van der Waals surface area contributed by atoms with Gasteiger partial charge in [-0.05, 0) is 24.5 Å². The molecule has 35 heavy (non-hydrogen) atoms. The third kappa shape index (κ3) is 8.25. The van der Waals surface area contributed by atoms with Crippen molar-refractivity contribution < 1.29 is 33.8 Å². The van der Waals surface area contributed by atoms with Crippen molar-refractivity contribution in [2.75, 3.05) is 18.9 Å². The van der Waals surface area contributed by atoms with Gasteiger partial charge in [-0.25, -0.2) is 4.79 Å². The molecule has 0 aromatic carbocycles. The van der Waals surface area contributed by atoms with Crippen LogP contribution >= 0.6 is 11.8 Å². The number of thioether (sulfide) groups is 1. The fraction of sp³-hybridized carbons (Fsp3) is 0.652. The SMILES string of the molecule is CC(CCCCC(=O)NCc1cc(C=O)n([C@H]2CC(O)[C@@H](COC=O)O2)c1)SCC1CNC(=O)N1. The van der Waals surface area contributed by atoms with Gasteiger partial charge in [-0.1, -0.05) is 13.3 Å². The van der Waals surface area contributed by atoms with Crippen LogP contribution in [-0.4, -0.2) is 76.8 Å². The zero-order valence-corrected chi connectivity index (χ0v) is 20.6. The van der Waals surface area contributed by atoms with Gasteiger partial charge in [0.15, 0.2) is 6.29 Å². The average Bonchev–Trinajstić information content (AvgIpc) is 3.55. The number of hydrogen-bond acceptors (Lipinski definition) is 8. The zero-order valence-electron chi connectivity index (χ0n) is 19.8. The molecule has 3 amide bonds. The van der Waals surface area contributed by atoms with Crippen LogP contribution in [0.25, 0.3) is 0 Å². The molecule has 5 atom stereocenters. The molecule has 2 fully saturated rings. The molecule has 3 heterocycles. The molecule has 11 nitrogen and oxygen atoms in total. The van der Waals surface area contributed by atoms with E-state index in [1.54, 1.807) is 16.8 Å². The molecular formula is C23H34N4O7S. The number of urea groups is 1. The number of amides is 3. The molecule has 2 aliphatic rings. The van der Waals surface area contributed by atoms with Crippen LogP contribution in [0.4, 0.5) is 4.79 Å². The van der Waals surface area contributed by atoms with Crippen LogP contribution in [0.5, 0.6) is 0 Å². The largest absolute Gasteiger partial charge is 0.465 e. The number of rotatable bonds is 15. The van der Waals surface area contributed by atoms with Crippen molar-refractivity contribution in [3.05, 3.63) is 23.5 Å². The van der Waals surface area contributed by atoms with Crippen LogP contribution in [0.2, 0.25) is 0 Å². The summed E-state index contributed by atoms with van der Waals surface area (Å²) in [4.78, 5) is 45.3. The molecule has 12 heteroatoms. The second-order valence-electron chi connectivity index (χ2n) is 8.88. The van der Waals surface area contributed by atoms with E-state index >= 15 is 0 Å². The summed E-state index contributed by atoms with van der Waals surface area (Å²) in [5.41, 5.74) is 1.13. The maximum absolute atomic E-state index is 12.3. The number of aliphatic hydroxyl groups excluding tert-OH is 1. The monoisotopic (exact) mass is 510 g/mol. The molecule has 3 unspecified atom stereocenters.